The lowest BCUT2D eigenvalue weighted by atomic mass is 9.66. The molecule has 1 fully saturated rings. The molecular formula is C18H26N2O. The molecule has 1 aliphatic carbocycles. The van der Waals surface area contributed by atoms with Crippen molar-refractivity contribution in [1.82, 2.24) is 10.2 Å². The third-order valence-corrected chi connectivity index (χ3v) is 5.51. The van der Waals surface area contributed by atoms with E-state index >= 15 is 0 Å². The van der Waals surface area contributed by atoms with Gasteiger partial charge in [0.25, 0.3) is 0 Å². The van der Waals surface area contributed by atoms with Gasteiger partial charge in [0.05, 0.1) is 17.8 Å². The van der Waals surface area contributed by atoms with Crippen molar-refractivity contribution in [3.63, 3.8) is 0 Å². The van der Waals surface area contributed by atoms with Crippen molar-refractivity contribution < 1.29 is 5.11 Å². The summed E-state index contributed by atoms with van der Waals surface area (Å²) in [5, 5.41) is 19.4. The van der Waals surface area contributed by atoms with E-state index in [0.717, 1.165) is 22.0 Å². The molecule has 0 saturated heterocycles. The summed E-state index contributed by atoms with van der Waals surface area (Å²) in [5.41, 5.74) is 3.06. The number of hydrogen-bond donors (Lipinski definition) is 2. The lowest BCUT2D eigenvalue weighted by molar-refractivity contribution is -0.00817. The second-order valence-electron chi connectivity index (χ2n) is 7.19. The van der Waals surface area contributed by atoms with Gasteiger partial charge in [0.1, 0.15) is 0 Å². The average molecular weight is 286 g/mol. The topological polar surface area (TPSA) is 48.9 Å². The zero-order chi connectivity index (χ0) is 15.0. The van der Waals surface area contributed by atoms with Crippen LogP contribution < -0.4 is 0 Å². The lowest BCUT2D eigenvalue weighted by Gasteiger charge is -2.41. The van der Waals surface area contributed by atoms with Crippen molar-refractivity contribution in [2.24, 2.45) is 11.3 Å². The molecule has 0 bridgehead atoms. The molecule has 0 radical (unpaired) electrons. The van der Waals surface area contributed by atoms with E-state index in [4.69, 9.17) is 0 Å². The monoisotopic (exact) mass is 286 g/mol. The first-order valence-corrected chi connectivity index (χ1v) is 8.12. The van der Waals surface area contributed by atoms with Crippen LogP contribution >= 0.6 is 0 Å². The Bertz CT molecular complexity index is 623. The summed E-state index contributed by atoms with van der Waals surface area (Å²) in [6.45, 7) is 6.53. The summed E-state index contributed by atoms with van der Waals surface area (Å²) in [5.74, 6) is 0.596. The Labute approximate surface area is 126 Å². The normalized spacial score (nSPS) is 19.0. The van der Waals surface area contributed by atoms with Crippen molar-refractivity contribution in [2.75, 3.05) is 0 Å². The third-order valence-electron chi connectivity index (χ3n) is 5.51. The molecular weight excluding hydrogens is 260 g/mol. The van der Waals surface area contributed by atoms with Gasteiger partial charge in [0.15, 0.2) is 0 Å². The maximum Gasteiger partial charge on any atom is 0.0866 e. The zero-order valence-electron chi connectivity index (χ0n) is 13.3. The fourth-order valence-electron chi connectivity index (χ4n) is 3.93. The fourth-order valence-corrected chi connectivity index (χ4v) is 3.93. The molecule has 1 atom stereocenters. The SMILES string of the molecule is Cc1ccc2cn[nH]c2c1C(O)C(C)(C)C1CCCCC1. The Balaban J connectivity index is 2.00. The largest absolute Gasteiger partial charge is 0.388 e. The number of rotatable bonds is 3. The summed E-state index contributed by atoms with van der Waals surface area (Å²) in [7, 11) is 0. The number of nitrogens with zero attached hydrogens (tertiary/aromatic N) is 1. The van der Waals surface area contributed by atoms with Gasteiger partial charge in [-0.15, -0.1) is 0 Å². The van der Waals surface area contributed by atoms with Crippen LogP contribution in [0.25, 0.3) is 10.9 Å². The van der Waals surface area contributed by atoms with Crippen LogP contribution in [0.15, 0.2) is 18.3 Å². The number of aliphatic hydroxyl groups is 1. The van der Waals surface area contributed by atoms with E-state index in [2.05, 4.69) is 43.1 Å². The summed E-state index contributed by atoms with van der Waals surface area (Å²) >= 11 is 0. The van der Waals surface area contributed by atoms with Gasteiger partial charge in [-0.05, 0) is 36.7 Å². The van der Waals surface area contributed by atoms with Crippen LogP contribution in [0, 0.1) is 18.3 Å². The Morgan fingerprint density at radius 2 is 1.95 bits per heavy atom. The molecule has 114 valence electrons. The Morgan fingerprint density at radius 3 is 2.67 bits per heavy atom. The number of nitrogens with one attached hydrogen (secondary N) is 1. The van der Waals surface area contributed by atoms with Gasteiger partial charge in [-0.1, -0.05) is 45.2 Å². The Morgan fingerprint density at radius 1 is 1.24 bits per heavy atom. The molecule has 1 aliphatic rings. The molecule has 2 N–H and O–H groups in total. The standard InChI is InChI=1S/C18H26N2O/c1-12-9-10-13-11-19-20-16(13)15(12)17(21)18(2,3)14-7-5-4-6-8-14/h9-11,14,17,21H,4-8H2,1-3H3,(H,19,20). The molecule has 3 heteroatoms. The Kier molecular flexibility index (Phi) is 3.78. The van der Waals surface area contributed by atoms with Crippen LogP contribution in [0.2, 0.25) is 0 Å². The van der Waals surface area contributed by atoms with Crippen LogP contribution in [0.5, 0.6) is 0 Å². The molecule has 0 aliphatic heterocycles. The van der Waals surface area contributed by atoms with Crippen molar-refractivity contribution in [1.29, 1.82) is 0 Å². The molecule has 1 saturated carbocycles. The average Bonchev–Trinajstić information content (AvgIpc) is 2.96. The van der Waals surface area contributed by atoms with E-state index < -0.39 is 6.10 Å². The van der Waals surface area contributed by atoms with Crippen LogP contribution in [0.3, 0.4) is 0 Å². The maximum absolute atomic E-state index is 11.1. The van der Waals surface area contributed by atoms with Crippen molar-refractivity contribution in [3.05, 3.63) is 29.5 Å². The van der Waals surface area contributed by atoms with Crippen LogP contribution in [-0.2, 0) is 0 Å². The van der Waals surface area contributed by atoms with Gasteiger partial charge < -0.3 is 5.11 Å². The highest BCUT2D eigenvalue weighted by Gasteiger charge is 2.39. The van der Waals surface area contributed by atoms with Gasteiger partial charge in [0.2, 0.25) is 0 Å². The fraction of sp³-hybridized carbons (Fsp3) is 0.611. The van der Waals surface area contributed by atoms with E-state index in [0.29, 0.717) is 5.92 Å². The lowest BCUT2D eigenvalue weighted by Crippen LogP contribution is -2.33. The van der Waals surface area contributed by atoms with Crippen LogP contribution in [-0.4, -0.2) is 15.3 Å². The van der Waals surface area contributed by atoms with Crippen molar-refractivity contribution >= 4 is 10.9 Å². The summed E-state index contributed by atoms with van der Waals surface area (Å²) in [4.78, 5) is 0. The van der Waals surface area contributed by atoms with E-state index in [1.54, 1.807) is 0 Å². The molecule has 1 unspecified atom stereocenters. The van der Waals surface area contributed by atoms with Gasteiger partial charge >= 0.3 is 0 Å². The predicted molar refractivity (Wildman–Crippen MR) is 86.1 cm³/mol. The molecule has 3 nitrogen and oxygen atoms in total. The minimum atomic E-state index is -0.454. The van der Waals surface area contributed by atoms with E-state index in [9.17, 15) is 5.11 Å². The van der Waals surface area contributed by atoms with Gasteiger partial charge in [-0.2, -0.15) is 5.10 Å². The molecule has 0 spiro atoms. The van der Waals surface area contributed by atoms with E-state index in [1.807, 2.05) is 6.20 Å². The maximum atomic E-state index is 11.1. The zero-order valence-corrected chi connectivity index (χ0v) is 13.3. The molecule has 1 aromatic heterocycles. The highest BCUT2D eigenvalue weighted by molar-refractivity contribution is 5.82. The van der Waals surface area contributed by atoms with E-state index in [1.165, 1.54) is 32.1 Å². The number of aromatic nitrogens is 2. The minimum absolute atomic E-state index is 0.107. The number of H-pyrrole nitrogens is 1. The Hall–Kier alpha value is -1.35. The smallest absolute Gasteiger partial charge is 0.0866 e. The predicted octanol–water partition coefficient (Wildman–Crippen LogP) is 4.51. The van der Waals surface area contributed by atoms with Crippen molar-refractivity contribution in [2.45, 2.75) is 59.0 Å². The molecule has 1 aromatic carbocycles. The first-order chi connectivity index (χ1) is 10.0. The molecule has 3 rings (SSSR count). The first-order valence-electron chi connectivity index (χ1n) is 8.12. The summed E-state index contributed by atoms with van der Waals surface area (Å²) in [6, 6.07) is 4.16. The number of aromatic amines is 1. The van der Waals surface area contributed by atoms with Gasteiger partial charge in [-0.25, -0.2) is 0 Å². The first kappa shape index (κ1) is 14.6. The quantitative estimate of drug-likeness (QED) is 0.872. The number of hydrogen-bond acceptors (Lipinski definition) is 2. The molecule has 21 heavy (non-hydrogen) atoms. The van der Waals surface area contributed by atoms with Crippen LogP contribution in [0.1, 0.15) is 63.2 Å². The highest BCUT2D eigenvalue weighted by Crippen LogP contribution is 2.47. The van der Waals surface area contributed by atoms with Gasteiger partial charge in [0, 0.05) is 10.9 Å². The number of aryl methyl sites for hydroxylation is 1. The highest BCUT2D eigenvalue weighted by atomic mass is 16.3. The molecule has 2 aromatic rings. The van der Waals surface area contributed by atoms with Gasteiger partial charge in [-0.3, -0.25) is 5.10 Å². The van der Waals surface area contributed by atoms with E-state index in [-0.39, 0.29) is 5.41 Å². The third kappa shape index (κ3) is 2.48. The van der Waals surface area contributed by atoms with Crippen molar-refractivity contribution in [3.8, 4) is 0 Å². The molecule has 0 amide bonds. The number of aliphatic hydroxyl groups excluding tert-OH is 1. The second kappa shape index (κ2) is 5.45. The summed E-state index contributed by atoms with van der Waals surface area (Å²) in [6.07, 6.45) is 7.80. The summed E-state index contributed by atoms with van der Waals surface area (Å²) < 4.78 is 0. The number of benzene rings is 1. The van der Waals surface area contributed by atoms with Crippen LogP contribution in [0.4, 0.5) is 0 Å². The second-order valence-corrected chi connectivity index (χ2v) is 7.19. The number of fused-ring (bicyclic) bond motifs is 1. The molecule has 1 heterocycles. The minimum Gasteiger partial charge on any atom is -0.388 e.